The number of para-hydroxylation sites is 1. The lowest BCUT2D eigenvalue weighted by Gasteiger charge is -2.03. The summed E-state index contributed by atoms with van der Waals surface area (Å²) in [6, 6.07) is 8.07. The number of nitrogens with one attached hydrogen (secondary N) is 1. The average Bonchev–Trinajstić information content (AvgIpc) is 2.65. The summed E-state index contributed by atoms with van der Waals surface area (Å²) < 4.78 is 24.5. The number of fused-ring (bicyclic) bond motifs is 1. The van der Waals surface area contributed by atoms with Crippen LogP contribution in [0.2, 0.25) is 0 Å². The Bertz CT molecular complexity index is 644. The highest BCUT2D eigenvalue weighted by Crippen LogP contribution is 2.21. The van der Waals surface area contributed by atoms with Gasteiger partial charge in [0, 0.05) is 36.4 Å². The van der Waals surface area contributed by atoms with Crippen molar-refractivity contribution in [3.8, 4) is 0 Å². The van der Waals surface area contributed by atoms with Gasteiger partial charge in [0.15, 0.2) is 0 Å². The maximum atomic E-state index is 11.2. The number of aryl methyl sites for hydroxylation is 1. The molecular formula is C13H18N2O2S. The van der Waals surface area contributed by atoms with Gasteiger partial charge in [-0.05, 0) is 18.7 Å². The summed E-state index contributed by atoms with van der Waals surface area (Å²) in [7, 11) is -1.03. The lowest BCUT2D eigenvalue weighted by atomic mass is 10.2. The summed E-state index contributed by atoms with van der Waals surface area (Å²) >= 11 is 0. The van der Waals surface area contributed by atoms with Crippen LogP contribution in [0.3, 0.4) is 0 Å². The Hall–Kier alpha value is -1.33. The molecule has 0 saturated carbocycles. The first-order chi connectivity index (χ1) is 8.51. The summed E-state index contributed by atoms with van der Waals surface area (Å²) in [4.78, 5) is 0. The number of hydrogen-bond acceptors (Lipinski definition) is 3. The van der Waals surface area contributed by atoms with Crippen molar-refractivity contribution in [2.45, 2.75) is 13.1 Å². The zero-order valence-corrected chi connectivity index (χ0v) is 11.5. The molecule has 4 nitrogen and oxygen atoms in total. The summed E-state index contributed by atoms with van der Waals surface area (Å²) in [5, 5.41) is 4.31. The van der Waals surface area contributed by atoms with E-state index in [2.05, 4.69) is 11.4 Å². The van der Waals surface area contributed by atoms with Gasteiger partial charge in [0.2, 0.25) is 0 Å². The molecule has 0 radical (unpaired) electrons. The summed E-state index contributed by atoms with van der Waals surface area (Å²) in [6.45, 7) is 1.29. The first kappa shape index (κ1) is 13.1. The van der Waals surface area contributed by atoms with E-state index < -0.39 is 9.84 Å². The summed E-state index contributed by atoms with van der Waals surface area (Å²) in [5.41, 5.74) is 2.29. The Morgan fingerprint density at radius 1 is 1.28 bits per heavy atom. The predicted molar refractivity (Wildman–Crippen MR) is 74.4 cm³/mol. The Kier molecular flexibility index (Phi) is 3.73. The third-order valence-corrected chi connectivity index (χ3v) is 3.87. The fourth-order valence-electron chi connectivity index (χ4n) is 2.10. The van der Waals surface area contributed by atoms with Gasteiger partial charge in [-0.3, -0.25) is 0 Å². The van der Waals surface area contributed by atoms with Crippen molar-refractivity contribution in [2.75, 3.05) is 19.1 Å². The number of nitrogens with zero attached hydrogens (tertiary/aromatic N) is 1. The fraction of sp³-hybridized carbons (Fsp3) is 0.385. The van der Waals surface area contributed by atoms with Gasteiger partial charge in [-0.25, -0.2) is 8.42 Å². The smallest absolute Gasteiger partial charge is 0.149 e. The molecule has 0 aliphatic heterocycles. The molecular weight excluding hydrogens is 248 g/mol. The highest BCUT2D eigenvalue weighted by molar-refractivity contribution is 7.90. The second-order valence-electron chi connectivity index (χ2n) is 4.53. The Morgan fingerprint density at radius 3 is 2.67 bits per heavy atom. The second-order valence-corrected chi connectivity index (χ2v) is 6.78. The second kappa shape index (κ2) is 5.12. The zero-order valence-electron chi connectivity index (χ0n) is 10.7. The van der Waals surface area contributed by atoms with Gasteiger partial charge in [0.25, 0.3) is 0 Å². The molecule has 0 spiro atoms. The van der Waals surface area contributed by atoms with Crippen molar-refractivity contribution in [3.05, 3.63) is 36.0 Å². The number of hydrogen-bond donors (Lipinski definition) is 1. The Balaban J connectivity index is 2.38. The molecule has 98 valence electrons. The van der Waals surface area contributed by atoms with Gasteiger partial charge in [0.05, 0.1) is 5.75 Å². The van der Waals surface area contributed by atoms with Gasteiger partial charge >= 0.3 is 0 Å². The van der Waals surface area contributed by atoms with E-state index >= 15 is 0 Å². The van der Waals surface area contributed by atoms with Crippen LogP contribution in [0, 0.1) is 0 Å². The highest BCUT2D eigenvalue weighted by Gasteiger charge is 2.09. The molecule has 18 heavy (non-hydrogen) atoms. The fourth-order valence-corrected chi connectivity index (χ4v) is 2.63. The van der Waals surface area contributed by atoms with Crippen molar-refractivity contribution in [2.24, 2.45) is 0 Å². The van der Waals surface area contributed by atoms with Crippen LogP contribution in [0.25, 0.3) is 10.9 Å². The first-order valence-electron chi connectivity index (χ1n) is 5.90. The van der Waals surface area contributed by atoms with Gasteiger partial charge in [-0.2, -0.15) is 0 Å². The minimum Gasteiger partial charge on any atom is -0.346 e. The average molecular weight is 266 g/mol. The lowest BCUT2D eigenvalue weighted by molar-refractivity contribution is 0.595. The molecule has 0 bridgehead atoms. The van der Waals surface area contributed by atoms with Crippen LogP contribution in [0.5, 0.6) is 0 Å². The number of benzene rings is 1. The third kappa shape index (κ3) is 2.91. The van der Waals surface area contributed by atoms with E-state index in [0.29, 0.717) is 6.54 Å². The van der Waals surface area contributed by atoms with Crippen LogP contribution in [0.15, 0.2) is 30.5 Å². The third-order valence-electron chi connectivity index (χ3n) is 2.94. The minimum atomic E-state index is -2.93. The predicted octanol–water partition coefficient (Wildman–Crippen LogP) is 1.41. The minimum absolute atomic E-state index is 0.171. The van der Waals surface area contributed by atoms with E-state index in [1.54, 1.807) is 0 Å². The molecule has 0 aliphatic carbocycles. The Morgan fingerprint density at radius 2 is 2.00 bits per heavy atom. The molecule has 1 aromatic heterocycles. The van der Waals surface area contributed by atoms with Crippen molar-refractivity contribution in [1.82, 2.24) is 9.88 Å². The lowest BCUT2D eigenvalue weighted by Crippen LogP contribution is -2.10. The van der Waals surface area contributed by atoms with Gasteiger partial charge < -0.3 is 9.88 Å². The van der Waals surface area contributed by atoms with Crippen LogP contribution >= 0.6 is 0 Å². The molecule has 0 amide bonds. The Labute approximate surface area is 108 Å². The van der Waals surface area contributed by atoms with E-state index in [0.717, 1.165) is 12.1 Å². The van der Waals surface area contributed by atoms with E-state index in [9.17, 15) is 8.42 Å². The van der Waals surface area contributed by atoms with Crippen molar-refractivity contribution in [3.63, 3.8) is 0 Å². The summed E-state index contributed by atoms with van der Waals surface area (Å²) in [5.74, 6) is 0.171. The SMILES string of the molecule is CNCc1cn(CCS(C)(=O)=O)c2ccccc12. The van der Waals surface area contributed by atoms with Crippen LogP contribution in [0.4, 0.5) is 0 Å². The molecule has 2 aromatic rings. The number of rotatable bonds is 5. The molecule has 1 aromatic carbocycles. The van der Waals surface area contributed by atoms with E-state index in [1.807, 2.05) is 36.0 Å². The quantitative estimate of drug-likeness (QED) is 0.890. The molecule has 5 heteroatoms. The van der Waals surface area contributed by atoms with Gasteiger partial charge in [0.1, 0.15) is 9.84 Å². The normalized spacial score (nSPS) is 12.1. The van der Waals surface area contributed by atoms with E-state index in [4.69, 9.17) is 0 Å². The standard InChI is InChI=1S/C13H18N2O2S/c1-14-9-11-10-15(7-8-18(2,16)17)13-6-4-3-5-12(11)13/h3-6,10,14H,7-9H2,1-2H3. The van der Waals surface area contributed by atoms with E-state index in [1.165, 1.54) is 17.2 Å². The van der Waals surface area contributed by atoms with Crippen LogP contribution in [-0.2, 0) is 22.9 Å². The molecule has 0 atom stereocenters. The molecule has 0 saturated heterocycles. The summed E-state index contributed by atoms with van der Waals surface area (Å²) in [6.07, 6.45) is 3.31. The molecule has 1 N–H and O–H groups in total. The van der Waals surface area contributed by atoms with Crippen LogP contribution in [0.1, 0.15) is 5.56 Å². The first-order valence-corrected chi connectivity index (χ1v) is 7.96. The number of sulfone groups is 1. The molecule has 0 aliphatic rings. The van der Waals surface area contributed by atoms with Gasteiger partial charge in [-0.1, -0.05) is 18.2 Å². The largest absolute Gasteiger partial charge is 0.346 e. The van der Waals surface area contributed by atoms with Crippen LogP contribution < -0.4 is 5.32 Å². The molecule has 0 fully saturated rings. The maximum absolute atomic E-state index is 11.2. The topological polar surface area (TPSA) is 51.1 Å². The van der Waals surface area contributed by atoms with Gasteiger partial charge in [-0.15, -0.1) is 0 Å². The van der Waals surface area contributed by atoms with Crippen molar-refractivity contribution < 1.29 is 8.42 Å². The zero-order chi connectivity index (χ0) is 13.2. The molecule has 1 heterocycles. The van der Waals surface area contributed by atoms with Crippen molar-refractivity contribution in [1.29, 1.82) is 0 Å². The maximum Gasteiger partial charge on any atom is 0.149 e. The van der Waals surface area contributed by atoms with Crippen LogP contribution in [-0.4, -0.2) is 32.0 Å². The van der Waals surface area contributed by atoms with E-state index in [-0.39, 0.29) is 5.75 Å². The monoisotopic (exact) mass is 266 g/mol. The molecule has 0 unspecified atom stereocenters. The number of aromatic nitrogens is 1. The molecule has 2 rings (SSSR count). The van der Waals surface area contributed by atoms with Crippen molar-refractivity contribution >= 4 is 20.7 Å². The highest BCUT2D eigenvalue weighted by atomic mass is 32.2.